The SMILES string of the molecule is CON(C)C(=O)C1CC2(CN1C)C(=O)Nc1ccccc12. The third-order valence-electron chi connectivity index (χ3n) is 4.59. The van der Waals surface area contributed by atoms with Gasteiger partial charge >= 0.3 is 0 Å². The van der Waals surface area contributed by atoms with Crippen molar-refractivity contribution in [2.24, 2.45) is 0 Å². The molecule has 1 spiro atoms. The van der Waals surface area contributed by atoms with Crippen molar-refractivity contribution in [3.8, 4) is 0 Å². The van der Waals surface area contributed by atoms with Crippen LogP contribution in [0.4, 0.5) is 5.69 Å². The number of nitrogens with one attached hydrogen (secondary N) is 1. The molecule has 0 saturated carbocycles. The highest BCUT2D eigenvalue weighted by Crippen LogP contribution is 2.45. The minimum Gasteiger partial charge on any atom is -0.325 e. The Morgan fingerprint density at radius 2 is 2.19 bits per heavy atom. The third kappa shape index (κ3) is 1.94. The maximum atomic E-state index is 12.5. The fraction of sp³-hybridized carbons (Fsp3) is 0.467. The van der Waals surface area contributed by atoms with E-state index in [4.69, 9.17) is 4.84 Å². The quantitative estimate of drug-likeness (QED) is 0.810. The number of hydroxylamine groups is 2. The molecule has 0 radical (unpaired) electrons. The Balaban J connectivity index is 1.95. The fourth-order valence-corrected chi connectivity index (χ4v) is 3.40. The number of rotatable bonds is 2. The topological polar surface area (TPSA) is 61.9 Å². The summed E-state index contributed by atoms with van der Waals surface area (Å²) >= 11 is 0. The van der Waals surface area contributed by atoms with Gasteiger partial charge in [-0.2, -0.15) is 0 Å². The van der Waals surface area contributed by atoms with Crippen LogP contribution in [-0.4, -0.2) is 55.6 Å². The summed E-state index contributed by atoms with van der Waals surface area (Å²) < 4.78 is 0. The average molecular weight is 289 g/mol. The maximum absolute atomic E-state index is 12.5. The second-order valence-electron chi connectivity index (χ2n) is 5.74. The molecule has 1 N–H and O–H groups in total. The zero-order chi connectivity index (χ0) is 15.2. The molecular formula is C15H19N3O3. The summed E-state index contributed by atoms with van der Waals surface area (Å²) in [6.07, 6.45) is 0.471. The number of anilines is 1. The summed E-state index contributed by atoms with van der Waals surface area (Å²) in [4.78, 5) is 31.8. The number of hydrogen-bond donors (Lipinski definition) is 1. The molecule has 2 aliphatic heterocycles. The molecule has 112 valence electrons. The van der Waals surface area contributed by atoms with Gasteiger partial charge < -0.3 is 5.32 Å². The molecule has 0 bridgehead atoms. The summed E-state index contributed by atoms with van der Waals surface area (Å²) in [6, 6.07) is 7.34. The van der Waals surface area contributed by atoms with Gasteiger partial charge in [0.25, 0.3) is 5.91 Å². The number of nitrogens with zero attached hydrogens (tertiary/aromatic N) is 2. The molecule has 2 unspecified atom stereocenters. The van der Waals surface area contributed by atoms with Gasteiger partial charge in [-0.25, -0.2) is 5.06 Å². The third-order valence-corrected chi connectivity index (χ3v) is 4.59. The Morgan fingerprint density at radius 1 is 1.48 bits per heavy atom. The van der Waals surface area contributed by atoms with Gasteiger partial charge in [0.15, 0.2) is 0 Å². The number of likely N-dealkylation sites (tertiary alicyclic amines) is 1. The molecule has 2 heterocycles. The first kappa shape index (κ1) is 14.0. The maximum Gasteiger partial charge on any atom is 0.263 e. The van der Waals surface area contributed by atoms with Gasteiger partial charge in [0.05, 0.1) is 18.6 Å². The highest BCUT2D eigenvalue weighted by atomic mass is 16.7. The molecule has 21 heavy (non-hydrogen) atoms. The van der Waals surface area contributed by atoms with Gasteiger partial charge in [-0.1, -0.05) is 18.2 Å². The van der Waals surface area contributed by atoms with Gasteiger partial charge in [0.1, 0.15) is 0 Å². The van der Waals surface area contributed by atoms with Crippen LogP contribution in [0.1, 0.15) is 12.0 Å². The van der Waals surface area contributed by atoms with Crippen molar-refractivity contribution in [3.05, 3.63) is 29.8 Å². The predicted octanol–water partition coefficient (Wildman–Crippen LogP) is 0.600. The number of carbonyl (C=O) groups is 2. The second kappa shape index (κ2) is 4.82. The standard InChI is InChI=1S/C15H19N3O3/c1-17-9-15(8-12(17)13(19)18(2)21-3)10-6-4-5-7-11(10)16-14(15)20/h4-7,12H,8-9H2,1-3H3,(H,16,20). The normalized spacial score (nSPS) is 27.8. The van der Waals surface area contributed by atoms with E-state index in [1.54, 1.807) is 7.05 Å². The zero-order valence-corrected chi connectivity index (χ0v) is 12.4. The first-order valence-corrected chi connectivity index (χ1v) is 6.92. The first-order chi connectivity index (χ1) is 9.99. The van der Waals surface area contributed by atoms with E-state index in [0.717, 1.165) is 11.3 Å². The van der Waals surface area contributed by atoms with Crippen LogP contribution in [0.2, 0.25) is 0 Å². The van der Waals surface area contributed by atoms with Gasteiger partial charge in [-0.15, -0.1) is 0 Å². The molecule has 1 aromatic rings. The number of benzene rings is 1. The van der Waals surface area contributed by atoms with E-state index in [1.807, 2.05) is 36.2 Å². The number of fused-ring (bicyclic) bond motifs is 2. The number of likely N-dealkylation sites (N-methyl/N-ethyl adjacent to an activating group) is 2. The van der Waals surface area contributed by atoms with Crippen molar-refractivity contribution in [2.45, 2.75) is 17.9 Å². The van der Waals surface area contributed by atoms with Gasteiger partial charge in [0.2, 0.25) is 5.91 Å². The van der Waals surface area contributed by atoms with Gasteiger partial charge in [-0.3, -0.25) is 19.3 Å². The van der Waals surface area contributed by atoms with Crippen LogP contribution in [0, 0.1) is 0 Å². The van der Waals surface area contributed by atoms with Crippen LogP contribution in [0.5, 0.6) is 0 Å². The van der Waals surface area contributed by atoms with Crippen molar-refractivity contribution in [1.82, 2.24) is 9.96 Å². The van der Waals surface area contributed by atoms with Crippen LogP contribution < -0.4 is 5.32 Å². The molecule has 3 rings (SSSR count). The average Bonchev–Trinajstić information content (AvgIpc) is 2.97. The Hall–Kier alpha value is -1.92. The molecule has 6 heteroatoms. The lowest BCUT2D eigenvalue weighted by Crippen LogP contribution is -2.41. The fourth-order valence-electron chi connectivity index (χ4n) is 3.40. The van der Waals surface area contributed by atoms with Crippen LogP contribution >= 0.6 is 0 Å². The lowest BCUT2D eigenvalue weighted by Gasteiger charge is -2.22. The van der Waals surface area contributed by atoms with Crippen LogP contribution in [-0.2, 0) is 19.8 Å². The van der Waals surface area contributed by atoms with E-state index in [0.29, 0.717) is 13.0 Å². The Labute approximate surface area is 123 Å². The number of hydrogen-bond acceptors (Lipinski definition) is 4. The molecule has 1 aromatic carbocycles. The minimum atomic E-state index is -0.639. The Kier molecular flexibility index (Phi) is 3.22. The molecule has 0 aliphatic carbocycles. The highest BCUT2D eigenvalue weighted by Gasteiger charge is 2.55. The summed E-state index contributed by atoms with van der Waals surface area (Å²) in [7, 11) is 4.92. The summed E-state index contributed by atoms with van der Waals surface area (Å²) in [5, 5.41) is 4.15. The lowest BCUT2D eigenvalue weighted by molar-refractivity contribution is -0.173. The van der Waals surface area contributed by atoms with Crippen molar-refractivity contribution >= 4 is 17.5 Å². The molecule has 1 fully saturated rings. The van der Waals surface area contributed by atoms with E-state index in [1.165, 1.54) is 12.2 Å². The number of carbonyl (C=O) groups excluding carboxylic acids is 2. The molecular weight excluding hydrogens is 270 g/mol. The van der Waals surface area contributed by atoms with Crippen molar-refractivity contribution < 1.29 is 14.4 Å². The monoisotopic (exact) mass is 289 g/mol. The Bertz CT molecular complexity index is 604. The van der Waals surface area contributed by atoms with Gasteiger partial charge in [0, 0.05) is 19.3 Å². The van der Waals surface area contributed by atoms with E-state index in [9.17, 15) is 9.59 Å². The molecule has 1 saturated heterocycles. The van der Waals surface area contributed by atoms with E-state index < -0.39 is 5.41 Å². The predicted molar refractivity (Wildman–Crippen MR) is 77.6 cm³/mol. The summed E-state index contributed by atoms with van der Waals surface area (Å²) in [5.41, 5.74) is 1.20. The van der Waals surface area contributed by atoms with Gasteiger partial charge in [-0.05, 0) is 25.1 Å². The second-order valence-corrected chi connectivity index (χ2v) is 5.74. The van der Waals surface area contributed by atoms with Crippen LogP contribution in [0.3, 0.4) is 0 Å². The summed E-state index contributed by atoms with van der Waals surface area (Å²) in [5.74, 6) is -0.153. The Morgan fingerprint density at radius 3 is 2.90 bits per heavy atom. The zero-order valence-electron chi connectivity index (χ0n) is 12.4. The molecule has 6 nitrogen and oxygen atoms in total. The van der Waals surface area contributed by atoms with Crippen LogP contribution in [0.15, 0.2) is 24.3 Å². The number of para-hydroxylation sites is 1. The lowest BCUT2D eigenvalue weighted by atomic mass is 9.79. The van der Waals surface area contributed by atoms with E-state index in [-0.39, 0.29) is 17.9 Å². The van der Waals surface area contributed by atoms with E-state index >= 15 is 0 Å². The first-order valence-electron chi connectivity index (χ1n) is 6.92. The number of amides is 2. The molecule has 2 atom stereocenters. The van der Waals surface area contributed by atoms with E-state index in [2.05, 4.69) is 5.32 Å². The smallest absolute Gasteiger partial charge is 0.263 e. The summed E-state index contributed by atoms with van der Waals surface area (Å²) in [6.45, 7) is 0.532. The minimum absolute atomic E-state index is 0.0223. The molecule has 2 amide bonds. The van der Waals surface area contributed by atoms with Crippen LogP contribution in [0.25, 0.3) is 0 Å². The molecule has 2 aliphatic rings. The highest BCUT2D eigenvalue weighted by molar-refractivity contribution is 6.07. The van der Waals surface area contributed by atoms with Crippen molar-refractivity contribution in [3.63, 3.8) is 0 Å². The molecule has 0 aromatic heterocycles. The van der Waals surface area contributed by atoms with Crippen molar-refractivity contribution in [1.29, 1.82) is 0 Å². The van der Waals surface area contributed by atoms with Crippen molar-refractivity contribution in [2.75, 3.05) is 33.1 Å². The largest absolute Gasteiger partial charge is 0.325 e.